The summed E-state index contributed by atoms with van der Waals surface area (Å²) in [6.07, 6.45) is 59.3. The molecule has 1 unspecified atom stereocenters. The van der Waals surface area contributed by atoms with Crippen LogP contribution in [0.15, 0.2) is 109 Å². The van der Waals surface area contributed by atoms with Crippen molar-refractivity contribution in [2.24, 2.45) is 0 Å². The van der Waals surface area contributed by atoms with Gasteiger partial charge < -0.3 is 14.2 Å². The molecule has 1 atom stereocenters. The zero-order valence-corrected chi connectivity index (χ0v) is 36.3. The average Bonchev–Trinajstić information content (AvgIpc) is 3.21. The van der Waals surface area contributed by atoms with Crippen molar-refractivity contribution < 1.29 is 28.6 Å². The summed E-state index contributed by atoms with van der Waals surface area (Å²) >= 11 is 0. The Morgan fingerprint density at radius 1 is 0.368 bits per heavy atom. The Labute approximate surface area is 349 Å². The Morgan fingerprint density at radius 2 is 0.719 bits per heavy atom. The molecule has 0 aliphatic heterocycles. The predicted octanol–water partition coefficient (Wildman–Crippen LogP) is 14.4. The van der Waals surface area contributed by atoms with E-state index in [2.05, 4.69) is 81.5 Å². The smallest absolute Gasteiger partial charge is 0.306 e. The van der Waals surface area contributed by atoms with E-state index in [0.717, 1.165) is 135 Å². The average molecular weight is 789 g/mol. The second-order valence-electron chi connectivity index (χ2n) is 14.3. The summed E-state index contributed by atoms with van der Waals surface area (Å²) in [6, 6.07) is 0. The maximum atomic E-state index is 12.7. The lowest BCUT2D eigenvalue weighted by Gasteiger charge is -2.18. The van der Waals surface area contributed by atoms with Gasteiger partial charge in [0.25, 0.3) is 0 Å². The number of carbonyl (C=O) groups excluding carboxylic acids is 3. The fraction of sp³-hybridized carbons (Fsp3) is 0.588. The first-order valence-corrected chi connectivity index (χ1v) is 22.5. The monoisotopic (exact) mass is 789 g/mol. The lowest BCUT2D eigenvalue weighted by Crippen LogP contribution is -2.30. The molecule has 0 rings (SSSR count). The summed E-state index contributed by atoms with van der Waals surface area (Å²) in [5, 5.41) is 0. The van der Waals surface area contributed by atoms with Gasteiger partial charge in [-0.2, -0.15) is 0 Å². The molecular weight excluding hydrogens is 709 g/mol. The van der Waals surface area contributed by atoms with Crippen molar-refractivity contribution in [3.05, 3.63) is 109 Å². The highest BCUT2D eigenvalue weighted by atomic mass is 16.6. The molecule has 0 N–H and O–H groups in total. The molecule has 0 aromatic rings. The van der Waals surface area contributed by atoms with E-state index in [1.165, 1.54) is 0 Å². The first-order chi connectivity index (χ1) is 28.0. The minimum absolute atomic E-state index is 0.108. The van der Waals surface area contributed by atoms with E-state index in [1.54, 1.807) is 0 Å². The third kappa shape index (κ3) is 43.0. The summed E-state index contributed by atoms with van der Waals surface area (Å²) < 4.78 is 16.6. The lowest BCUT2D eigenvalue weighted by atomic mass is 10.1. The van der Waals surface area contributed by atoms with Crippen molar-refractivity contribution in [1.29, 1.82) is 0 Å². The summed E-state index contributed by atoms with van der Waals surface area (Å²) in [6.45, 7) is 6.18. The number of hydrogen-bond acceptors (Lipinski definition) is 6. The zero-order valence-electron chi connectivity index (χ0n) is 36.3. The first kappa shape index (κ1) is 53.1. The molecular formula is C51H80O6. The predicted molar refractivity (Wildman–Crippen MR) is 242 cm³/mol. The molecule has 320 valence electrons. The van der Waals surface area contributed by atoms with E-state index in [-0.39, 0.29) is 31.1 Å². The number of esters is 3. The molecule has 0 bridgehead atoms. The normalized spacial score (nSPS) is 13.1. The minimum Gasteiger partial charge on any atom is -0.462 e. The topological polar surface area (TPSA) is 78.9 Å². The van der Waals surface area contributed by atoms with Gasteiger partial charge in [0.2, 0.25) is 0 Å². The number of hydrogen-bond donors (Lipinski definition) is 0. The lowest BCUT2D eigenvalue weighted by molar-refractivity contribution is -0.167. The Kier molecular flexibility index (Phi) is 41.7. The van der Waals surface area contributed by atoms with E-state index in [4.69, 9.17) is 14.2 Å². The fourth-order valence-corrected chi connectivity index (χ4v) is 5.59. The van der Waals surface area contributed by atoms with Gasteiger partial charge in [0.05, 0.1) is 0 Å². The standard InChI is InChI=1S/C51H80O6/c1-4-7-10-13-16-19-22-25-26-27-30-32-35-38-41-44-50(53)56-47-48(57-51(54)45-42-39-36-33-29-24-21-18-15-12-9-6-3)46-55-49(52)43-40-37-34-31-28-23-20-17-14-11-8-5-2/h7-13,16-22,25-27,30,48H,4-6,14-15,23-24,28-29,31-47H2,1-3H3/b10-7-,11-8-,12-9-,16-13-,20-17-,21-18-,22-19-,26-25-,30-27-. The SMILES string of the molecule is CC\C=C/C=C\C=C/C=C\C=C/CCCCCC(=O)OCC(COC(=O)CCCCCCC/C=C\C/C=C\CC)OC(=O)CCCCCCC/C=C\C/C=C\CC. The van der Waals surface area contributed by atoms with Crippen LogP contribution in [-0.2, 0) is 28.6 Å². The van der Waals surface area contributed by atoms with Gasteiger partial charge in [-0.3, -0.25) is 14.4 Å². The molecule has 0 radical (unpaired) electrons. The van der Waals surface area contributed by atoms with Gasteiger partial charge in [-0.05, 0) is 89.9 Å². The van der Waals surface area contributed by atoms with E-state index >= 15 is 0 Å². The highest BCUT2D eigenvalue weighted by Gasteiger charge is 2.19. The van der Waals surface area contributed by atoms with Gasteiger partial charge in [-0.15, -0.1) is 0 Å². The van der Waals surface area contributed by atoms with E-state index < -0.39 is 6.10 Å². The van der Waals surface area contributed by atoms with Crippen molar-refractivity contribution in [2.45, 2.75) is 181 Å². The molecule has 0 aromatic heterocycles. The van der Waals surface area contributed by atoms with Crippen LogP contribution in [0.25, 0.3) is 0 Å². The van der Waals surface area contributed by atoms with Crippen LogP contribution in [0.4, 0.5) is 0 Å². The van der Waals surface area contributed by atoms with Gasteiger partial charge in [-0.25, -0.2) is 0 Å². The molecule has 0 saturated carbocycles. The fourth-order valence-electron chi connectivity index (χ4n) is 5.59. The highest BCUT2D eigenvalue weighted by Crippen LogP contribution is 2.12. The second kappa shape index (κ2) is 44.8. The zero-order chi connectivity index (χ0) is 41.5. The van der Waals surface area contributed by atoms with Gasteiger partial charge in [0.15, 0.2) is 6.10 Å². The number of carbonyl (C=O) groups is 3. The molecule has 6 nitrogen and oxygen atoms in total. The van der Waals surface area contributed by atoms with Crippen molar-refractivity contribution in [2.75, 3.05) is 13.2 Å². The molecule has 0 heterocycles. The molecule has 0 aliphatic carbocycles. The number of ether oxygens (including phenoxy) is 3. The Morgan fingerprint density at radius 3 is 1.19 bits per heavy atom. The molecule has 0 spiro atoms. The van der Waals surface area contributed by atoms with Crippen molar-refractivity contribution in [3.8, 4) is 0 Å². The minimum atomic E-state index is -0.808. The van der Waals surface area contributed by atoms with Crippen LogP contribution in [0, 0.1) is 0 Å². The van der Waals surface area contributed by atoms with Gasteiger partial charge in [-0.1, -0.05) is 175 Å². The van der Waals surface area contributed by atoms with Crippen LogP contribution >= 0.6 is 0 Å². The largest absolute Gasteiger partial charge is 0.462 e. The Hall–Kier alpha value is -3.93. The summed E-state index contributed by atoms with van der Waals surface area (Å²) in [4.78, 5) is 37.7. The number of allylic oxidation sites excluding steroid dienone is 18. The summed E-state index contributed by atoms with van der Waals surface area (Å²) in [5.41, 5.74) is 0. The maximum absolute atomic E-state index is 12.7. The second-order valence-corrected chi connectivity index (χ2v) is 14.3. The van der Waals surface area contributed by atoms with Crippen LogP contribution in [0.1, 0.15) is 175 Å². The third-order valence-corrected chi connectivity index (χ3v) is 8.88. The van der Waals surface area contributed by atoms with Crippen molar-refractivity contribution >= 4 is 17.9 Å². The van der Waals surface area contributed by atoms with Gasteiger partial charge in [0, 0.05) is 19.3 Å². The van der Waals surface area contributed by atoms with Gasteiger partial charge >= 0.3 is 17.9 Å². The van der Waals surface area contributed by atoms with Crippen LogP contribution in [0.5, 0.6) is 0 Å². The quantitative estimate of drug-likeness (QED) is 0.0204. The van der Waals surface area contributed by atoms with Crippen LogP contribution in [0.2, 0.25) is 0 Å². The molecule has 57 heavy (non-hydrogen) atoms. The number of rotatable bonds is 38. The Balaban J connectivity index is 4.53. The molecule has 6 heteroatoms. The van der Waals surface area contributed by atoms with Crippen LogP contribution in [0.3, 0.4) is 0 Å². The molecule has 0 fully saturated rings. The van der Waals surface area contributed by atoms with Crippen molar-refractivity contribution in [3.63, 3.8) is 0 Å². The Bertz CT molecular complexity index is 1230. The van der Waals surface area contributed by atoms with Crippen molar-refractivity contribution in [1.82, 2.24) is 0 Å². The number of unbranched alkanes of at least 4 members (excludes halogenated alkanes) is 13. The molecule has 0 aliphatic rings. The maximum Gasteiger partial charge on any atom is 0.306 e. The molecule has 0 saturated heterocycles. The van der Waals surface area contributed by atoms with E-state index in [9.17, 15) is 14.4 Å². The first-order valence-electron chi connectivity index (χ1n) is 22.5. The molecule has 0 aromatic carbocycles. The van der Waals surface area contributed by atoms with E-state index in [1.807, 2.05) is 48.6 Å². The summed E-state index contributed by atoms with van der Waals surface area (Å²) in [5.74, 6) is -0.993. The summed E-state index contributed by atoms with van der Waals surface area (Å²) in [7, 11) is 0. The van der Waals surface area contributed by atoms with Gasteiger partial charge in [0.1, 0.15) is 13.2 Å². The van der Waals surface area contributed by atoms with E-state index in [0.29, 0.717) is 19.3 Å². The third-order valence-electron chi connectivity index (χ3n) is 8.88. The molecule has 0 amide bonds. The van der Waals surface area contributed by atoms with Crippen LogP contribution < -0.4 is 0 Å². The highest BCUT2D eigenvalue weighted by molar-refractivity contribution is 5.71. The van der Waals surface area contributed by atoms with Crippen LogP contribution in [-0.4, -0.2) is 37.2 Å².